The minimum Gasteiger partial charge on any atom is -0.352 e. The molecule has 0 spiro atoms. The van der Waals surface area contributed by atoms with Gasteiger partial charge in [0.05, 0.1) is 0 Å². The van der Waals surface area contributed by atoms with E-state index in [2.05, 4.69) is 20.2 Å². The number of aromatic nitrogens is 2. The van der Waals surface area contributed by atoms with E-state index in [1.807, 2.05) is 11.8 Å². The molecule has 0 unspecified atom stereocenters. The Morgan fingerprint density at radius 2 is 1.62 bits per heavy atom. The Bertz CT molecular complexity index is 740. The lowest BCUT2D eigenvalue weighted by Gasteiger charge is -2.34. The first-order valence-corrected chi connectivity index (χ1v) is 8.88. The van der Waals surface area contributed by atoms with E-state index in [0.717, 1.165) is 6.42 Å². The third kappa shape index (κ3) is 4.17. The van der Waals surface area contributed by atoms with Crippen molar-refractivity contribution in [1.29, 1.82) is 0 Å². The number of carbonyl (C=O) groups is 2. The number of carbonyl (C=O) groups excluding carboxylic acids is 2. The summed E-state index contributed by atoms with van der Waals surface area (Å²) in [6, 6.07) is 8.62. The minimum absolute atomic E-state index is 0.0147. The third-order valence-corrected chi connectivity index (χ3v) is 4.33. The van der Waals surface area contributed by atoms with E-state index in [1.54, 1.807) is 42.7 Å². The first-order chi connectivity index (χ1) is 12.7. The lowest BCUT2D eigenvalue weighted by atomic mass is 10.1. The zero-order valence-corrected chi connectivity index (χ0v) is 14.9. The van der Waals surface area contributed by atoms with Gasteiger partial charge in [-0.05, 0) is 36.8 Å². The molecule has 2 heterocycles. The quantitative estimate of drug-likeness (QED) is 0.883. The summed E-state index contributed by atoms with van der Waals surface area (Å²) in [5.74, 6) is 0.573. The summed E-state index contributed by atoms with van der Waals surface area (Å²) in [5, 5.41) is 2.83. The van der Waals surface area contributed by atoms with Gasteiger partial charge in [-0.2, -0.15) is 0 Å². The summed E-state index contributed by atoms with van der Waals surface area (Å²) in [7, 11) is 0. The van der Waals surface area contributed by atoms with E-state index in [9.17, 15) is 9.59 Å². The molecule has 1 aromatic heterocycles. The van der Waals surface area contributed by atoms with Crippen LogP contribution < -0.4 is 10.2 Å². The minimum atomic E-state index is -0.109. The van der Waals surface area contributed by atoms with Gasteiger partial charge in [-0.1, -0.05) is 6.92 Å². The lowest BCUT2D eigenvalue weighted by molar-refractivity contribution is 0.0745. The van der Waals surface area contributed by atoms with Crippen LogP contribution >= 0.6 is 0 Å². The standard InChI is InChI=1S/C19H23N5O2/c1-2-8-20-17(25)15-4-6-16(7-5-15)18(26)23-11-13-24(14-12-23)19-21-9-3-10-22-19/h3-7,9-10H,2,8,11-14H2,1H3,(H,20,25). The second kappa shape index (κ2) is 8.42. The van der Waals surface area contributed by atoms with Crippen LogP contribution in [-0.4, -0.2) is 59.4 Å². The highest BCUT2D eigenvalue weighted by Gasteiger charge is 2.23. The largest absolute Gasteiger partial charge is 0.352 e. The molecule has 2 aromatic rings. The van der Waals surface area contributed by atoms with Crippen molar-refractivity contribution in [3.05, 3.63) is 53.9 Å². The van der Waals surface area contributed by atoms with Crippen LogP contribution in [0.3, 0.4) is 0 Å². The van der Waals surface area contributed by atoms with Gasteiger partial charge in [0, 0.05) is 56.2 Å². The number of benzene rings is 1. The summed E-state index contributed by atoms with van der Waals surface area (Å²) in [6.07, 6.45) is 4.33. The van der Waals surface area contributed by atoms with Gasteiger partial charge < -0.3 is 15.1 Å². The molecule has 1 aromatic carbocycles. The van der Waals surface area contributed by atoms with Crippen LogP contribution in [0.1, 0.15) is 34.1 Å². The number of rotatable bonds is 5. The van der Waals surface area contributed by atoms with Gasteiger partial charge in [0.25, 0.3) is 11.8 Å². The molecule has 7 nitrogen and oxygen atoms in total. The fourth-order valence-corrected chi connectivity index (χ4v) is 2.85. The van der Waals surface area contributed by atoms with E-state index in [4.69, 9.17) is 0 Å². The third-order valence-electron chi connectivity index (χ3n) is 4.33. The molecular weight excluding hydrogens is 330 g/mol. The highest BCUT2D eigenvalue weighted by Crippen LogP contribution is 2.13. The van der Waals surface area contributed by atoms with E-state index in [-0.39, 0.29) is 11.8 Å². The van der Waals surface area contributed by atoms with Crippen molar-refractivity contribution < 1.29 is 9.59 Å². The predicted molar refractivity (Wildman–Crippen MR) is 99.2 cm³/mol. The number of hydrogen-bond donors (Lipinski definition) is 1. The Hall–Kier alpha value is -2.96. The Morgan fingerprint density at radius 3 is 2.23 bits per heavy atom. The average Bonchev–Trinajstić information content (AvgIpc) is 2.72. The maximum atomic E-state index is 12.7. The molecule has 0 aliphatic carbocycles. The van der Waals surface area contributed by atoms with Crippen molar-refractivity contribution in [2.75, 3.05) is 37.6 Å². The fraction of sp³-hybridized carbons (Fsp3) is 0.368. The van der Waals surface area contributed by atoms with E-state index < -0.39 is 0 Å². The Balaban J connectivity index is 1.57. The number of amides is 2. The topological polar surface area (TPSA) is 78.4 Å². The SMILES string of the molecule is CCCNC(=O)c1ccc(C(=O)N2CCN(c3ncccn3)CC2)cc1. The summed E-state index contributed by atoms with van der Waals surface area (Å²) in [4.78, 5) is 37.0. The van der Waals surface area contributed by atoms with E-state index >= 15 is 0 Å². The van der Waals surface area contributed by atoms with Crippen LogP contribution in [0.4, 0.5) is 5.95 Å². The predicted octanol–water partition coefficient (Wildman–Crippen LogP) is 1.58. The van der Waals surface area contributed by atoms with Crippen LogP contribution in [0.25, 0.3) is 0 Å². The average molecular weight is 353 g/mol. The Kier molecular flexibility index (Phi) is 5.78. The molecule has 1 aliphatic rings. The van der Waals surface area contributed by atoms with Gasteiger partial charge in [-0.3, -0.25) is 9.59 Å². The van der Waals surface area contributed by atoms with Gasteiger partial charge in [0.2, 0.25) is 5.95 Å². The Labute approximate surface area is 153 Å². The van der Waals surface area contributed by atoms with Crippen molar-refractivity contribution in [1.82, 2.24) is 20.2 Å². The van der Waals surface area contributed by atoms with Gasteiger partial charge >= 0.3 is 0 Å². The molecular formula is C19H23N5O2. The Morgan fingerprint density at radius 1 is 1.00 bits per heavy atom. The number of nitrogens with one attached hydrogen (secondary N) is 1. The van der Waals surface area contributed by atoms with E-state index in [1.165, 1.54) is 0 Å². The van der Waals surface area contributed by atoms with Crippen molar-refractivity contribution in [3.63, 3.8) is 0 Å². The molecule has 136 valence electrons. The van der Waals surface area contributed by atoms with Crippen molar-refractivity contribution in [2.45, 2.75) is 13.3 Å². The van der Waals surface area contributed by atoms with E-state index in [0.29, 0.717) is 49.8 Å². The molecule has 3 rings (SSSR count). The number of hydrogen-bond acceptors (Lipinski definition) is 5. The molecule has 0 bridgehead atoms. The molecule has 0 radical (unpaired) electrons. The molecule has 7 heteroatoms. The number of piperazine rings is 1. The highest BCUT2D eigenvalue weighted by molar-refractivity contribution is 5.97. The monoisotopic (exact) mass is 353 g/mol. The highest BCUT2D eigenvalue weighted by atomic mass is 16.2. The summed E-state index contributed by atoms with van der Waals surface area (Å²) < 4.78 is 0. The smallest absolute Gasteiger partial charge is 0.253 e. The zero-order valence-electron chi connectivity index (χ0n) is 14.9. The molecule has 0 atom stereocenters. The van der Waals surface area contributed by atoms with Crippen LogP contribution in [0, 0.1) is 0 Å². The first-order valence-electron chi connectivity index (χ1n) is 8.88. The van der Waals surface area contributed by atoms with Crippen molar-refractivity contribution in [3.8, 4) is 0 Å². The van der Waals surface area contributed by atoms with Crippen LogP contribution in [0.15, 0.2) is 42.7 Å². The molecule has 1 fully saturated rings. The summed E-state index contributed by atoms with van der Waals surface area (Å²) >= 11 is 0. The molecule has 1 saturated heterocycles. The van der Waals surface area contributed by atoms with Crippen LogP contribution in [-0.2, 0) is 0 Å². The second-order valence-electron chi connectivity index (χ2n) is 6.16. The number of nitrogens with zero attached hydrogens (tertiary/aromatic N) is 4. The fourth-order valence-electron chi connectivity index (χ4n) is 2.85. The van der Waals surface area contributed by atoms with Gasteiger partial charge in [0.1, 0.15) is 0 Å². The van der Waals surface area contributed by atoms with Crippen LogP contribution in [0.2, 0.25) is 0 Å². The lowest BCUT2D eigenvalue weighted by Crippen LogP contribution is -2.49. The van der Waals surface area contributed by atoms with Crippen molar-refractivity contribution in [2.24, 2.45) is 0 Å². The molecule has 0 saturated carbocycles. The van der Waals surface area contributed by atoms with Crippen LogP contribution in [0.5, 0.6) is 0 Å². The number of anilines is 1. The van der Waals surface area contributed by atoms with Gasteiger partial charge in [-0.15, -0.1) is 0 Å². The summed E-state index contributed by atoms with van der Waals surface area (Å²) in [6.45, 7) is 5.30. The van der Waals surface area contributed by atoms with Gasteiger partial charge in [0.15, 0.2) is 0 Å². The molecule has 1 aliphatic heterocycles. The molecule has 2 amide bonds. The summed E-state index contributed by atoms with van der Waals surface area (Å²) in [5.41, 5.74) is 1.17. The maximum Gasteiger partial charge on any atom is 0.253 e. The molecule has 26 heavy (non-hydrogen) atoms. The second-order valence-corrected chi connectivity index (χ2v) is 6.16. The normalized spacial score (nSPS) is 14.2. The van der Waals surface area contributed by atoms with Crippen molar-refractivity contribution >= 4 is 17.8 Å². The zero-order chi connectivity index (χ0) is 18.4. The first kappa shape index (κ1) is 17.8. The van der Waals surface area contributed by atoms with Gasteiger partial charge in [-0.25, -0.2) is 9.97 Å². The maximum absolute atomic E-state index is 12.7. The molecule has 1 N–H and O–H groups in total.